The van der Waals surface area contributed by atoms with E-state index in [0.29, 0.717) is 0 Å². The molecule has 0 saturated heterocycles. The first kappa shape index (κ1) is 38.2. The second-order valence-electron chi connectivity index (χ2n) is 18.5. The van der Waals surface area contributed by atoms with Crippen LogP contribution in [0.3, 0.4) is 0 Å². The molecule has 66 heavy (non-hydrogen) atoms. The Labute approximate surface area is 385 Å². The Bertz CT molecular complexity index is 3860. The summed E-state index contributed by atoms with van der Waals surface area (Å²) in [7, 11) is 0. The summed E-state index contributed by atoms with van der Waals surface area (Å²) < 4.78 is 0. The zero-order valence-corrected chi connectivity index (χ0v) is 37.0. The average Bonchev–Trinajstić information content (AvgIpc) is 3.61. The predicted molar refractivity (Wildman–Crippen MR) is 283 cm³/mol. The normalized spacial score (nSPS) is 12.8. The molecule has 13 rings (SSSR count). The molecule has 12 aromatic carbocycles. The van der Waals surface area contributed by atoms with E-state index in [4.69, 9.17) is 0 Å². The molecular weight excluding hydrogens is 795 g/mol. The van der Waals surface area contributed by atoms with Gasteiger partial charge in [0, 0.05) is 22.5 Å². The summed E-state index contributed by atoms with van der Waals surface area (Å²) in [6, 6.07) is 87.7. The molecule has 310 valence electrons. The van der Waals surface area contributed by atoms with Gasteiger partial charge in [0.25, 0.3) is 0 Å². The van der Waals surface area contributed by atoms with Gasteiger partial charge >= 0.3 is 0 Å². The topological polar surface area (TPSA) is 3.24 Å². The highest BCUT2D eigenvalue weighted by atomic mass is 15.1. The van der Waals surface area contributed by atoms with Crippen molar-refractivity contribution in [2.24, 2.45) is 0 Å². The first-order valence-corrected chi connectivity index (χ1v) is 23.1. The summed E-state index contributed by atoms with van der Waals surface area (Å²) in [5.41, 5.74) is 16.0. The van der Waals surface area contributed by atoms with Gasteiger partial charge in [0.05, 0.1) is 0 Å². The first-order chi connectivity index (χ1) is 32.5. The average molecular weight is 840 g/mol. The van der Waals surface area contributed by atoms with Gasteiger partial charge in [-0.1, -0.05) is 196 Å². The number of hydrogen-bond donors (Lipinski definition) is 0. The maximum Gasteiger partial charge on any atom is 0.0465 e. The van der Waals surface area contributed by atoms with Crippen LogP contribution in [-0.4, -0.2) is 0 Å². The Morgan fingerprint density at radius 1 is 0.258 bits per heavy atom. The van der Waals surface area contributed by atoms with E-state index < -0.39 is 0 Å². The molecule has 1 heteroatoms. The van der Waals surface area contributed by atoms with E-state index in [0.717, 1.165) is 17.1 Å². The van der Waals surface area contributed by atoms with Crippen molar-refractivity contribution in [2.75, 3.05) is 4.90 Å². The van der Waals surface area contributed by atoms with Crippen LogP contribution in [0.1, 0.15) is 25.0 Å². The molecule has 1 nitrogen and oxygen atoms in total. The molecule has 0 bridgehead atoms. The second-order valence-corrected chi connectivity index (χ2v) is 18.5. The fraction of sp³-hybridized carbons (Fsp3) is 0.0462. The van der Waals surface area contributed by atoms with Crippen LogP contribution in [0.25, 0.3) is 98.4 Å². The molecule has 0 aromatic heterocycles. The fourth-order valence-corrected chi connectivity index (χ4v) is 11.1. The summed E-state index contributed by atoms with van der Waals surface area (Å²) in [4.78, 5) is 2.41. The number of hydrogen-bond acceptors (Lipinski definition) is 1. The highest BCUT2D eigenvalue weighted by Crippen LogP contribution is 2.51. The van der Waals surface area contributed by atoms with Crippen LogP contribution in [0.4, 0.5) is 17.1 Å². The number of fused-ring (bicyclic) bond motifs is 12. The van der Waals surface area contributed by atoms with Gasteiger partial charge in [0.15, 0.2) is 0 Å². The minimum Gasteiger partial charge on any atom is -0.310 e. The van der Waals surface area contributed by atoms with Crippen LogP contribution in [0, 0.1) is 0 Å². The van der Waals surface area contributed by atoms with E-state index in [2.05, 4.69) is 255 Å². The van der Waals surface area contributed by atoms with Gasteiger partial charge in [-0.25, -0.2) is 0 Å². The molecule has 0 atom stereocenters. The Balaban J connectivity index is 0.906. The molecule has 0 aliphatic heterocycles. The number of anilines is 3. The van der Waals surface area contributed by atoms with Crippen molar-refractivity contribution in [3.05, 3.63) is 248 Å². The predicted octanol–water partition coefficient (Wildman–Crippen LogP) is 18.2. The van der Waals surface area contributed by atoms with E-state index in [1.165, 1.54) is 109 Å². The van der Waals surface area contributed by atoms with Crippen molar-refractivity contribution in [1.82, 2.24) is 0 Å². The lowest BCUT2D eigenvalue weighted by Gasteiger charge is -2.28. The zero-order valence-electron chi connectivity index (χ0n) is 37.0. The van der Waals surface area contributed by atoms with Gasteiger partial charge in [0.1, 0.15) is 0 Å². The maximum absolute atomic E-state index is 2.42. The van der Waals surface area contributed by atoms with Crippen LogP contribution < -0.4 is 4.90 Å². The largest absolute Gasteiger partial charge is 0.310 e. The maximum atomic E-state index is 2.42. The second kappa shape index (κ2) is 14.9. The van der Waals surface area contributed by atoms with E-state index in [1.54, 1.807) is 0 Å². The number of nitrogens with zero attached hydrogens (tertiary/aromatic N) is 1. The summed E-state index contributed by atoms with van der Waals surface area (Å²) >= 11 is 0. The van der Waals surface area contributed by atoms with Crippen molar-refractivity contribution in [3.63, 3.8) is 0 Å². The number of benzene rings is 12. The fourth-order valence-electron chi connectivity index (χ4n) is 11.1. The molecule has 0 amide bonds. The van der Waals surface area contributed by atoms with Crippen molar-refractivity contribution in [2.45, 2.75) is 19.3 Å². The smallest absolute Gasteiger partial charge is 0.0465 e. The molecule has 0 radical (unpaired) electrons. The summed E-state index contributed by atoms with van der Waals surface area (Å²) in [6.45, 7) is 4.71. The van der Waals surface area contributed by atoms with Crippen molar-refractivity contribution < 1.29 is 0 Å². The Morgan fingerprint density at radius 3 is 1.39 bits per heavy atom. The van der Waals surface area contributed by atoms with Gasteiger partial charge < -0.3 is 4.90 Å². The summed E-state index contributed by atoms with van der Waals surface area (Å²) in [6.07, 6.45) is 0. The molecular formula is C65H45N. The van der Waals surface area contributed by atoms with Crippen molar-refractivity contribution >= 4 is 70.9 Å². The highest BCUT2D eigenvalue weighted by molar-refractivity contribution is 6.26. The quantitative estimate of drug-likeness (QED) is 0.151. The third-order valence-electron chi connectivity index (χ3n) is 14.4. The van der Waals surface area contributed by atoms with Gasteiger partial charge in [0.2, 0.25) is 0 Å². The lowest BCUT2D eigenvalue weighted by Crippen LogP contribution is -2.16. The van der Waals surface area contributed by atoms with Crippen LogP contribution in [0.15, 0.2) is 237 Å². The molecule has 0 heterocycles. The van der Waals surface area contributed by atoms with Crippen LogP contribution >= 0.6 is 0 Å². The van der Waals surface area contributed by atoms with Crippen molar-refractivity contribution in [1.29, 1.82) is 0 Å². The molecule has 0 unspecified atom stereocenters. The lowest BCUT2D eigenvalue weighted by molar-refractivity contribution is 0.660. The highest BCUT2D eigenvalue weighted by Gasteiger charge is 2.35. The molecule has 0 spiro atoms. The molecule has 0 fully saturated rings. The van der Waals surface area contributed by atoms with Gasteiger partial charge in [-0.05, 0) is 164 Å². The first-order valence-electron chi connectivity index (χ1n) is 23.1. The monoisotopic (exact) mass is 839 g/mol. The standard InChI is InChI=1S/C65H45N/c1-65(2)63-23-13-12-22-58(63)59-37-34-50(41-64(59)65)66(48-30-24-43(25-31-48)42-14-4-3-5-15-42)49-32-26-44(27-33-49)45-28-35-56-57-36-29-47(40-62(57)55-21-11-10-20-54(55)61(56)38-45)60-39-46-16-6-7-17-51(46)52-18-8-9-19-53(52)60/h3-41H,1-2H3. The van der Waals surface area contributed by atoms with E-state index in [9.17, 15) is 0 Å². The Hall–Kier alpha value is -8.26. The summed E-state index contributed by atoms with van der Waals surface area (Å²) in [5.74, 6) is 0. The molecule has 0 saturated carbocycles. The SMILES string of the molecule is CC1(C)c2ccccc2-c2ccc(N(c3ccc(-c4ccccc4)cc3)c3ccc(-c4ccc5c6ccc(-c7cc8ccccc8c8ccccc78)cc6c6ccccc6c5c4)cc3)cc21. The van der Waals surface area contributed by atoms with Gasteiger partial charge in [-0.15, -0.1) is 0 Å². The molecule has 12 aromatic rings. The third kappa shape index (κ3) is 6.01. The Kier molecular flexibility index (Phi) is 8.63. The Morgan fingerprint density at radius 2 is 0.712 bits per heavy atom. The van der Waals surface area contributed by atoms with Gasteiger partial charge in [-0.3, -0.25) is 0 Å². The van der Waals surface area contributed by atoms with E-state index >= 15 is 0 Å². The van der Waals surface area contributed by atoms with Gasteiger partial charge in [-0.2, -0.15) is 0 Å². The van der Waals surface area contributed by atoms with Crippen LogP contribution in [-0.2, 0) is 5.41 Å². The minimum absolute atomic E-state index is 0.103. The molecule has 1 aliphatic rings. The molecule has 1 aliphatic carbocycles. The van der Waals surface area contributed by atoms with E-state index in [1.807, 2.05) is 0 Å². The summed E-state index contributed by atoms with van der Waals surface area (Å²) in [5, 5.41) is 12.8. The zero-order chi connectivity index (χ0) is 43.9. The van der Waals surface area contributed by atoms with Crippen LogP contribution in [0.5, 0.6) is 0 Å². The number of rotatable bonds is 6. The minimum atomic E-state index is -0.103. The molecule has 0 N–H and O–H groups in total. The lowest BCUT2D eigenvalue weighted by atomic mass is 9.82. The third-order valence-corrected chi connectivity index (χ3v) is 14.4. The van der Waals surface area contributed by atoms with Crippen LogP contribution in [0.2, 0.25) is 0 Å². The van der Waals surface area contributed by atoms with Crippen molar-refractivity contribution in [3.8, 4) is 44.5 Å². The van der Waals surface area contributed by atoms with E-state index in [-0.39, 0.29) is 5.41 Å².